The number of aliphatic hydroxyl groups is 1. The quantitative estimate of drug-likeness (QED) is 0.601. The van der Waals surface area contributed by atoms with Gasteiger partial charge in [-0.15, -0.1) is 0 Å². The highest BCUT2D eigenvalue weighted by Crippen LogP contribution is 2.18. The summed E-state index contributed by atoms with van der Waals surface area (Å²) in [5, 5.41) is 13.8. The minimum absolute atomic E-state index is 0.0490. The molecule has 0 spiro atoms. The third-order valence-electron chi connectivity index (χ3n) is 2.35. The molecule has 1 rings (SSSR count). The zero-order chi connectivity index (χ0) is 8.10. The Balaban J connectivity index is 2.22. The van der Waals surface area contributed by atoms with E-state index < -0.39 is 0 Å². The van der Waals surface area contributed by atoms with Crippen LogP contribution in [-0.4, -0.2) is 23.8 Å². The lowest BCUT2D eigenvalue weighted by Gasteiger charge is -2.11. The monoisotopic (exact) mass is 156 g/mol. The molecule has 1 aliphatic rings. The third kappa shape index (κ3) is 3.21. The van der Waals surface area contributed by atoms with E-state index in [0.29, 0.717) is 6.04 Å². The van der Waals surface area contributed by atoms with Crippen molar-refractivity contribution in [2.75, 3.05) is 6.54 Å². The Labute approximate surface area is 69.0 Å². The molecule has 0 aliphatic heterocycles. The molecule has 0 heterocycles. The molecule has 65 valence electrons. The van der Waals surface area contributed by atoms with Gasteiger partial charge in [-0.1, -0.05) is 6.92 Å². The van der Waals surface area contributed by atoms with Gasteiger partial charge in [0, 0.05) is 12.6 Å². The summed E-state index contributed by atoms with van der Waals surface area (Å²) >= 11 is 0. The Morgan fingerprint density at radius 3 is 2.82 bits per heavy atom. The lowest BCUT2D eigenvalue weighted by Crippen LogP contribution is -2.21. The minimum Gasteiger partial charge on any atom is -0.393 e. The van der Waals surface area contributed by atoms with Crippen LogP contribution in [0.1, 0.15) is 39.0 Å². The highest BCUT2D eigenvalue weighted by molar-refractivity contribution is 4.73. The van der Waals surface area contributed by atoms with Gasteiger partial charge in [-0.05, 0) is 32.1 Å². The summed E-state index contributed by atoms with van der Waals surface area (Å²) in [7, 11) is 0. The van der Waals surface area contributed by atoms with Gasteiger partial charge in [0.25, 0.3) is 0 Å². The third-order valence-corrected chi connectivity index (χ3v) is 2.35. The molecule has 2 nitrogen and oxygen atoms in total. The smallest absolute Gasteiger partial charge is 0.0540 e. The molecule has 0 amide bonds. The van der Waals surface area contributed by atoms with Crippen molar-refractivity contribution < 1.29 is 5.11 Å². The van der Waals surface area contributed by atoms with Gasteiger partial charge < -0.3 is 5.11 Å². The van der Waals surface area contributed by atoms with Crippen LogP contribution in [0, 0.1) is 0 Å². The maximum Gasteiger partial charge on any atom is 0.0540 e. The number of aliphatic hydroxyl groups excluding tert-OH is 1. The number of hydrogen-bond donors (Lipinski definition) is 1. The minimum atomic E-state index is -0.0490. The van der Waals surface area contributed by atoms with Crippen molar-refractivity contribution in [2.45, 2.75) is 51.2 Å². The van der Waals surface area contributed by atoms with Crippen molar-refractivity contribution in [3.63, 3.8) is 0 Å². The Hall–Kier alpha value is -0.0800. The first-order valence-electron chi connectivity index (χ1n) is 4.67. The van der Waals surface area contributed by atoms with Crippen molar-refractivity contribution in [2.24, 2.45) is 0 Å². The van der Waals surface area contributed by atoms with E-state index in [0.717, 1.165) is 32.2 Å². The lowest BCUT2D eigenvalue weighted by atomic mass is 10.1. The zero-order valence-corrected chi connectivity index (χ0v) is 7.29. The number of rotatable bonds is 2. The van der Waals surface area contributed by atoms with Gasteiger partial charge in [0.15, 0.2) is 0 Å². The maximum atomic E-state index is 9.33. The van der Waals surface area contributed by atoms with E-state index in [-0.39, 0.29) is 6.10 Å². The first-order chi connectivity index (χ1) is 5.33. The van der Waals surface area contributed by atoms with Crippen LogP contribution >= 0.6 is 0 Å². The molecular formula is C9H18NO. The van der Waals surface area contributed by atoms with Crippen molar-refractivity contribution >= 4 is 0 Å². The molecule has 0 aromatic rings. The normalized spacial score (nSPS) is 33.3. The first-order valence-corrected chi connectivity index (χ1v) is 4.67. The van der Waals surface area contributed by atoms with Crippen LogP contribution in [0.4, 0.5) is 0 Å². The summed E-state index contributed by atoms with van der Waals surface area (Å²) in [5.74, 6) is 0. The molecule has 0 aromatic heterocycles. The summed E-state index contributed by atoms with van der Waals surface area (Å²) in [6.07, 6.45) is 5.31. The molecule has 1 N–H and O–H groups in total. The Morgan fingerprint density at radius 2 is 2.09 bits per heavy atom. The fourth-order valence-electron chi connectivity index (χ4n) is 1.70. The molecular weight excluding hydrogens is 138 g/mol. The number of nitrogens with zero attached hydrogens (tertiary/aromatic N) is 1. The fourth-order valence-corrected chi connectivity index (χ4v) is 1.70. The Bertz CT molecular complexity index is 106. The van der Waals surface area contributed by atoms with Crippen LogP contribution in [0.25, 0.3) is 0 Å². The van der Waals surface area contributed by atoms with Crippen LogP contribution in [0.15, 0.2) is 0 Å². The molecule has 1 fully saturated rings. The van der Waals surface area contributed by atoms with Gasteiger partial charge >= 0.3 is 0 Å². The molecule has 1 aliphatic carbocycles. The van der Waals surface area contributed by atoms with Gasteiger partial charge in [-0.2, -0.15) is 0 Å². The summed E-state index contributed by atoms with van der Waals surface area (Å²) in [6, 6.07) is 0.539. The second-order valence-electron chi connectivity index (χ2n) is 3.31. The lowest BCUT2D eigenvalue weighted by molar-refractivity contribution is 0.156. The average Bonchev–Trinajstić information content (AvgIpc) is 2.17. The SMILES string of the molecule is CC[N]C1CCCC(O)CC1. The molecule has 2 heteroatoms. The van der Waals surface area contributed by atoms with Gasteiger partial charge in [0.05, 0.1) is 6.10 Å². The number of hydrogen-bond acceptors (Lipinski definition) is 1. The van der Waals surface area contributed by atoms with Crippen molar-refractivity contribution in [3.8, 4) is 0 Å². The van der Waals surface area contributed by atoms with Crippen LogP contribution in [-0.2, 0) is 0 Å². The first kappa shape index (κ1) is 9.01. The highest BCUT2D eigenvalue weighted by atomic mass is 16.3. The Morgan fingerprint density at radius 1 is 1.27 bits per heavy atom. The predicted octanol–water partition coefficient (Wildman–Crippen LogP) is 1.30. The molecule has 2 unspecified atom stereocenters. The second-order valence-corrected chi connectivity index (χ2v) is 3.31. The standard InChI is InChI=1S/C9H18NO/c1-2-10-8-4-3-5-9(11)7-6-8/h8-9,11H,2-7H2,1H3. The van der Waals surface area contributed by atoms with Crippen LogP contribution in [0.3, 0.4) is 0 Å². The average molecular weight is 156 g/mol. The molecule has 1 saturated carbocycles. The topological polar surface area (TPSA) is 34.3 Å². The molecule has 0 bridgehead atoms. The van der Waals surface area contributed by atoms with Gasteiger partial charge in [0.1, 0.15) is 0 Å². The summed E-state index contributed by atoms with van der Waals surface area (Å²) < 4.78 is 0. The van der Waals surface area contributed by atoms with Crippen molar-refractivity contribution in [1.82, 2.24) is 5.32 Å². The highest BCUT2D eigenvalue weighted by Gasteiger charge is 2.16. The van der Waals surface area contributed by atoms with Crippen molar-refractivity contribution in [3.05, 3.63) is 0 Å². The summed E-state index contributed by atoms with van der Waals surface area (Å²) in [6.45, 7) is 3.02. The van der Waals surface area contributed by atoms with Gasteiger partial charge in [0.2, 0.25) is 0 Å². The van der Waals surface area contributed by atoms with Gasteiger partial charge in [-0.3, -0.25) is 0 Å². The zero-order valence-electron chi connectivity index (χ0n) is 7.29. The largest absolute Gasteiger partial charge is 0.393 e. The predicted molar refractivity (Wildman–Crippen MR) is 45.6 cm³/mol. The van der Waals surface area contributed by atoms with E-state index in [1.54, 1.807) is 0 Å². The van der Waals surface area contributed by atoms with Gasteiger partial charge in [-0.25, -0.2) is 5.32 Å². The molecule has 0 aromatic carbocycles. The van der Waals surface area contributed by atoms with E-state index in [4.69, 9.17) is 0 Å². The van der Waals surface area contributed by atoms with Crippen LogP contribution < -0.4 is 5.32 Å². The second kappa shape index (κ2) is 4.73. The van der Waals surface area contributed by atoms with E-state index in [1.165, 1.54) is 6.42 Å². The maximum absolute atomic E-state index is 9.33. The van der Waals surface area contributed by atoms with E-state index >= 15 is 0 Å². The molecule has 1 radical (unpaired) electrons. The van der Waals surface area contributed by atoms with Crippen LogP contribution in [0.2, 0.25) is 0 Å². The summed E-state index contributed by atoms with van der Waals surface area (Å²) in [5.41, 5.74) is 0. The van der Waals surface area contributed by atoms with E-state index in [9.17, 15) is 5.11 Å². The molecule has 2 atom stereocenters. The molecule has 0 saturated heterocycles. The van der Waals surface area contributed by atoms with Crippen LogP contribution in [0.5, 0.6) is 0 Å². The molecule has 11 heavy (non-hydrogen) atoms. The fraction of sp³-hybridized carbons (Fsp3) is 1.00. The van der Waals surface area contributed by atoms with E-state index in [2.05, 4.69) is 12.2 Å². The van der Waals surface area contributed by atoms with Crippen molar-refractivity contribution in [1.29, 1.82) is 0 Å². The van der Waals surface area contributed by atoms with E-state index in [1.807, 2.05) is 0 Å². The summed E-state index contributed by atoms with van der Waals surface area (Å²) in [4.78, 5) is 0. The Kier molecular flexibility index (Phi) is 3.87.